The number of benzene rings is 8. The molecule has 53 heavy (non-hydrogen) atoms. The van der Waals surface area contributed by atoms with Crippen molar-refractivity contribution < 1.29 is 4.42 Å². The first-order valence-corrected chi connectivity index (χ1v) is 17.7. The number of nitrogens with one attached hydrogen (secondary N) is 2. The normalized spacial score (nSPS) is 13.3. The molecule has 1 aromatic heterocycles. The van der Waals surface area contributed by atoms with Crippen LogP contribution >= 0.6 is 0 Å². The van der Waals surface area contributed by atoms with Gasteiger partial charge in [-0.3, -0.25) is 10.8 Å². The van der Waals surface area contributed by atoms with Gasteiger partial charge in [0.1, 0.15) is 16.9 Å². The second-order valence-electron chi connectivity index (χ2n) is 13.3. The number of nitrogens with zero attached hydrogens (tertiary/aromatic N) is 2. The summed E-state index contributed by atoms with van der Waals surface area (Å²) in [5.74, 6) is 0. The fourth-order valence-corrected chi connectivity index (χ4v) is 7.48. The zero-order valence-corrected chi connectivity index (χ0v) is 28.6. The molecule has 0 spiro atoms. The lowest BCUT2D eigenvalue weighted by atomic mass is 9.88. The van der Waals surface area contributed by atoms with Gasteiger partial charge in [-0.2, -0.15) is 5.10 Å². The molecule has 0 saturated carbocycles. The number of furan rings is 1. The highest BCUT2D eigenvalue weighted by atomic mass is 16.3. The number of rotatable bonds is 6. The summed E-state index contributed by atoms with van der Waals surface area (Å²) >= 11 is 0. The van der Waals surface area contributed by atoms with Crippen LogP contribution in [0.5, 0.6) is 0 Å². The van der Waals surface area contributed by atoms with Crippen molar-refractivity contribution in [2.24, 2.45) is 5.10 Å². The Kier molecular flexibility index (Phi) is 7.22. The van der Waals surface area contributed by atoms with Crippen molar-refractivity contribution in [1.29, 1.82) is 5.41 Å². The Labute approximate surface area is 306 Å². The Morgan fingerprint density at radius 3 is 2.02 bits per heavy atom. The third-order valence-corrected chi connectivity index (χ3v) is 10.1. The maximum Gasteiger partial charge on any atom is 0.135 e. The number of allylic oxidation sites excluding steroid dienone is 1. The van der Waals surface area contributed by atoms with Crippen LogP contribution in [0.2, 0.25) is 0 Å². The summed E-state index contributed by atoms with van der Waals surface area (Å²) in [4.78, 5) is 2.30. The Bertz CT molecular complexity index is 2940. The van der Waals surface area contributed by atoms with Crippen molar-refractivity contribution in [1.82, 2.24) is 0 Å². The molecule has 5 nitrogen and oxygen atoms in total. The quantitative estimate of drug-likeness (QED) is 0.172. The second-order valence-corrected chi connectivity index (χ2v) is 13.3. The predicted octanol–water partition coefficient (Wildman–Crippen LogP) is 12.9. The molecule has 1 aliphatic carbocycles. The Morgan fingerprint density at radius 2 is 1.15 bits per heavy atom. The number of hydrogen-bond acceptors (Lipinski definition) is 5. The van der Waals surface area contributed by atoms with Crippen molar-refractivity contribution >= 4 is 83.7 Å². The van der Waals surface area contributed by atoms with Gasteiger partial charge in [0, 0.05) is 33.4 Å². The van der Waals surface area contributed by atoms with Gasteiger partial charge >= 0.3 is 0 Å². The number of fused-ring (bicyclic) bond motifs is 7. The molecular formula is C48H32N4O. The lowest BCUT2D eigenvalue weighted by molar-refractivity contribution is 0.669. The van der Waals surface area contributed by atoms with Crippen LogP contribution in [-0.4, -0.2) is 11.4 Å². The molecule has 0 fully saturated rings. The number of anilines is 4. The number of hydrazone groups is 1. The van der Waals surface area contributed by atoms with Gasteiger partial charge in [0.2, 0.25) is 0 Å². The fraction of sp³-hybridized carbons (Fsp3) is 0. The minimum Gasteiger partial charge on any atom is -0.456 e. The van der Waals surface area contributed by atoms with E-state index in [0.717, 1.165) is 88.5 Å². The molecule has 2 N–H and O–H groups in total. The standard InChI is InChI=1S/C48H32N4O/c49-44-25-22-32-17-15-31-16-18-36(29-42(31)47(32)48(44)51-50-37-9-3-1-4-10-37)33-19-20-35-28-39(23-21-34(35)27-33)52(38-11-5-2-6-12-38)40-24-26-46-43(30-40)41-13-7-8-14-45(41)53-46/h1-30,49-50H/b49-44?,51-48+. The zero-order valence-electron chi connectivity index (χ0n) is 28.6. The summed E-state index contributed by atoms with van der Waals surface area (Å²) in [6, 6.07) is 59.2. The molecule has 0 radical (unpaired) electrons. The van der Waals surface area contributed by atoms with Gasteiger partial charge in [0.05, 0.1) is 11.4 Å². The molecule has 1 heterocycles. The molecule has 0 atom stereocenters. The highest BCUT2D eigenvalue weighted by Crippen LogP contribution is 2.40. The van der Waals surface area contributed by atoms with Gasteiger partial charge in [0.25, 0.3) is 0 Å². The van der Waals surface area contributed by atoms with Crippen molar-refractivity contribution in [3.8, 4) is 11.1 Å². The van der Waals surface area contributed by atoms with Gasteiger partial charge in [-0.1, -0.05) is 103 Å². The van der Waals surface area contributed by atoms with Crippen LogP contribution in [0.25, 0.3) is 60.7 Å². The molecule has 250 valence electrons. The average molecular weight is 681 g/mol. The largest absolute Gasteiger partial charge is 0.456 e. The molecule has 0 saturated heterocycles. The van der Waals surface area contributed by atoms with E-state index in [1.807, 2.05) is 54.6 Å². The van der Waals surface area contributed by atoms with E-state index in [2.05, 4.69) is 138 Å². The maximum absolute atomic E-state index is 8.78. The van der Waals surface area contributed by atoms with E-state index in [1.54, 1.807) is 0 Å². The van der Waals surface area contributed by atoms with Crippen molar-refractivity contribution in [3.63, 3.8) is 0 Å². The number of hydrogen-bond donors (Lipinski definition) is 2. The molecule has 0 bridgehead atoms. The van der Waals surface area contributed by atoms with Gasteiger partial charge in [-0.15, -0.1) is 0 Å². The van der Waals surface area contributed by atoms with Crippen molar-refractivity contribution in [3.05, 3.63) is 187 Å². The highest BCUT2D eigenvalue weighted by molar-refractivity contribution is 6.55. The van der Waals surface area contributed by atoms with E-state index < -0.39 is 0 Å². The Hall–Kier alpha value is -7.24. The molecule has 8 aromatic carbocycles. The molecule has 0 amide bonds. The lowest BCUT2D eigenvalue weighted by Crippen LogP contribution is -2.19. The van der Waals surface area contributed by atoms with Crippen LogP contribution in [0.4, 0.5) is 22.7 Å². The van der Waals surface area contributed by atoms with Crippen molar-refractivity contribution in [2.75, 3.05) is 10.3 Å². The van der Waals surface area contributed by atoms with Gasteiger partial charge < -0.3 is 9.32 Å². The second kappa shape index (κ2) is 12.5. The fourth-order valence-electron chi connectivity index (χ4n) is 7.48. The van der Waals surface area contributed by atoms with Gasteiger partial charge in [-0.25, -0.2) is 0 Å². The third kappa shape index (κ3) is 5.43. The molecule has 0 unspecified atom stereocenters. The molecule has 9 aromatic rings. The first kappa shape index (κ1) is 30.6. The summed E-state index contributed by atoms with van der Waals surface area (Å²) in [6.07, 6.45) is 3.82. The third-order valence-electron chi connectivity index (χ3n) is 10.1. The molecule has 10 rings (SSSR count). The van der Waals surface area contributed by atoms with E-state index in [0.29, 0.717) is 11.4 Å². The lowest BCUT2D eigenvalue weighted by Gasteiger charge is -2.26. The minimum absolute atomic E-state index is 0.378. The zero-order chi connectivity index (χ0) is 35.3. The molecule has 0 aliphatic heterocycles. The SMILES string of the molecule is N=C1C=Cc2ccc3ccc(-c4ccc5cc(N(c6ccccc6)c6ccc7oc8ccccc8c7c6)ccc5c4)cc3c2/C1=N/Nc1ccccc1. The van der Waals surface area contributed by atoms with Crippen molar-refractivity contribution in [2.45, 2.75) is 0 Å². The molecule has 1 aliphatic rings. The van der Waals surface area contributed by atoms with Crippen LogP contribution in [0, 0.1) is 5.41 Å². The molecular weight excluding hydrogens is 649 g/mol. The Balaban J connectivity index is 1.04. The summed E-state index contributed by atoms with van der Waals surface area (Å²) in [7, 11) is 0. The van der Waals surface area contributed by atoms with Crippen LogP contribution < -0.4 is 10.3 Å². The monoisotopic (exact) mass is 680 g/mol. The summed E-state index contributed by atoms with van der Waals surface area (Å²) in [5, 5.41) is 20.2. The summed E-state index contributed by atoms with van der Waals surface area (Å²) in [6.45, 7) is 0. The van der Waals surface area contributed by atoms with Crippen LogP contribution in [0.1, 0.15) is 11.1 Å². The first-order chi connectivity index (χ1) is 26.2. The highest BCUT2D eigenvalue weighted by Gasteiger charge is 2.21. The van der Waals surface area contributed by atoms with E-state index in [4.69, 9.17) is 14.9 Å². The number of para-hydroxylation sites is 3. The van der Waals surface area contributed by atoms with Gasteiger partial charge in [-0.05, 0) is 117 Å². The maximum atomic E-state index is 8.78. The summed E-state index contributed by atoms with van der Waals surface area (Å²) < 4.78 is 6.15. The Morgan fingerprint density at radius 1 is 0.491 bits per heavy atom. The van der Waals surface area contributed by atoms with E-state index in [-0.39, 0.29) is 0 Å². The van der Waals surface area contributed by atoms with E-state index in [9.17, 15) is 0 Å². The van der Waals surface area contributed by atoms with Crippen LogP contribution in [-0.2, 0) is 0 Å². The van der Waals surface area contributed by atoms with E-state index >= 15 is 0 Å². The van der Waals surface area contributed by atoms with Crippen LogP contribution in [0.15, 0.2) is 185 Å². The minimum atomic E-state index is 0.378. The predicted molar refractivity (Wildman–Crippen MR) is 222 cm³/mol. The van der Waals surface area contributed by atoms with Crippen LogP contribution in [0.3, 0.4) is 0 Å². The first-order valence-electron chi connectivity index (χ1n) is 17.7. The average Bonchev–Trinajstić information content (AvgIpc) is 3.59. The topological polar surface area (TPSA) is 64.6 Å². The van der Waals surface area contributed by atoms with Gasteiger partial charge in [0.15, 0.2) is 0 Å². The van der Waals surface area contributed by atoms with E-state index in [1.165, 1.54) is 0 Å². The summed E-state index contributed by atoms with van der Waals surface area (Å²) in [5.41, 5.74) is 14.3. The molecule has 5 heteroatoms. The smallest absolute Gasteiger partial charge is 0.135 e.